The second-order valence-corrected chi connectivity index (χ2v) is 6.37. The van der Waals surface area contributed by atoms with Gasteiger partial charge in [0, 0.05) is 38.8 Å². The Bertz CT molecular complexity index is 438. The van der Waals surface area contributed by atoms with E-state index in [-0.39, 0.29) is 12.7 Å². The van der Waals surface area contributed by atoms with Crippen molar-refractivity contribution >= 4 is 0 Å². The van der Waals surface area contributed by atoms with Gasteiger partial charge in [0.15, 0.2) is 0 Å². The lowest BCUT2D eigenvalue weighted by Crippen LogP contribution is -2.50. The van der Waals surface area contributed by atoms with Gasteiger partial charge < -0.3 is 9.84 Å². The topological polar surface area (TPSA) is 35.9 Å². The molecular formula is C18H30N2O2. The standard InChI is InChI=1S/C18H30N2O2/c1-4-17(14-21)20-10-8-19(9-11-20)13-16-6-5-7-18(12-16)22-15(2)3/h5-7,12,15,17,21H,4,8-11,13-14H2,1-3H3. The molecule has 0 saturated carbocycles. The van der Waals surface area contributed by atoms with Gasteiger partial charge in [-0.05, 0) is 38.0 Å². The van der Waals surface area contributed by atoms with Crippen LogP contribution < -0.4 is 4.74 Å². The summed E-state index contributed by atoms with van der Waals surface area (Å²) in [7, 11) is 0. The van der Waals surface area contributed by atoms with Crippen molar-refractivity contribution in [2.24, 2.45) is 0 Å². The number of aliphatic hydroxyl groups is 1. The van der Waals surface area contributed by atoms with Gasteiger partial charge in [0.05, 0.1) is 12.7 Å². The number of benzene rings is 1. The zero-order valence-electron chi connectivity index (χ0n) is 14.2. The Kier molecular flexibility index (Phi) is 6.68. The van der Waals surface area contributed by atoms with Crippen molar-refractivity contribution in [3.63, 3.8) is 0 Å². The third-order valence-electron chi connectivity index (χ3n) is 4.28. The van der Waals surface area contributed by atoms with E-state index in [0.717, 1.165) is 44.9 Å². The molecular weight excluding hydrogens is 276 g/mol. The summed E-state index contributed by atoms with van der Waals surface area (Å²) in [5.41, 5.74) is 1.31. The normalized spacial score (nSPS) is 18.6. The van der Waals surface area contributed by atoms with Gasteiger partial charge in [0.2, 0.25) is 0 Å². The second-order valence-electron chi connectivity index (χ2n) is 6.37. The summed E-state index contributed by atoms with van der Waals surface area (Å²) in [5, 5.41) is 9.41. The fraction of sp³-hybridized carbons (Fsp3) is 0.667. The molecule has 1 aromatic rings. The number of aliphatic hydroxyl groups excluding tert-OH is 1. The van der Waals surface area contributed by atoms with Crippen LogP contribution in [0.2, 0.25) is 0 Å². The third kappa shape index (κ3) is 4.97. The number of rotatable bonds is 7. The van der Waals surface area contributed by atoms with Crippen LogP contribution in [0.1, 0.15) is 32.8 Å². The molecule has 4 heteroatoms. The summed E-state index contributed by atoms with van der Waals surface area (Å²) < 4.78 is 5.77. The van der Waals surface area contributed by atoms with Crippen molar-refractivity contribution in [3.8, 4) is 5.75 Å². The maximum atomic E-state index is 9.41. The molecule has 0 amide bonds. The number of nitrogens with zero attached hydrogens (tertiary/aromatic N) is 2. The van der Waals surface area contributed by atoms with E-state index < -0.39 is 0 Å². The summed E-state index contributed by atoms with van der Waals surface area (Å²) in [4.78, 5) is 4.89. The zero-order valence-corrected chi connectivity index (χ0v) is 14.2. The van der Waals surface area contributed by atoms with Gasteiger partial charge in [-0.25, -0.2) is 0 Å². The first-order valence-corrected chi connectivity index (χ1v) is 8.45. The number of hydrogen-bond donors (Lipinski definition) is 1. The lowest BCUT2D eigenvalue weighted by atomic mass is 10.1. The maximum Gasteiger partial charge on any atom is 0.120 e. The molecule has 0 aromatic heterocycles. The first kappa shape index (κ1) is 17.3. The maximum absolute atomic E-state index is 9.41. The Morgan fingerprint density at radius 2 is 1.91 bits per heavy atom. The Morgan fingerprint density at radius 3 is 2.50 bits per heavy atom. The van der Waals surface area contributed by atoms with Crippen molar-refractivity contribution in [1.82, 2.24) is 9.80 Å². The van der Waals surface area contributed by atoms with Crippen molar-refractivity contribution in [2.45, 2.75) is 45.9 Å². The number of piperazine rings is 1. The number of ether oxygens (including phenoxy) is 1. The lowest BCUT2D eigenvalue weighted by Gasteiger charge is -2.38. The molecule has 0 spiro atoms. The molecule has 4 nitrogen and oxygen atoms in total. The van der Waals surface area contributed by atoms with E-state index in [0.29, 0.717) is 6.04 Å². The van der Waals surface area contributed by atoms with Crippen LogP contribution in [0.15, 0.2) is 24.3 Å². The van der Waals surface area contributed by atoms with Gasteiger partial charge in [-0.1, -0.05) is 19.1 Å². The summed E-state index contributed by atoms with van der Waals surface area (Å²) in [6, 6.07) is 8.73. The quantitative estimate of drug-likeness (QED) is 0.839. The Balaban J connectivity index is 1.85. The SMILES string of the molecule is CCC(CO)N1CCN(Cc2cccc(OC(C)C)c2)CC1. The van der Waals surface area contributed by atoms with E-state index in [1.165, 1.54) is 5.56 Å². The lowest BCUT2D eigenvalue weighted by molar-refractivity contribution is 0.0608. The minimum atomic E-state index is 0.211. The highest BCUT2D eigenvalue weighted by atomic mass is 16.5. The summed E-state index contributed by atoms with van der Waals surface area (Å²) in [6.45, 7) is 11.7. The minimum Gasteiger partial charge on any atom is -0.491 e. The zero-order chi connectivity index (χ0) is 15.9. The highest BCUT2D eigenvalue weighted by Gasteiger charge is 2.22. The van der Waals surface area contributed by atoms with E-state index >= 15 is 0 Å². The predicted molar refractivity (Wildman–Crippen MR) is 90.2 cm³/mol. The Morgan fingerprint density at radius 1 is 1.18 bits per heavy atom. The van der Waals surface area contributed by atoms with Crippen molar-refractivity contribution < 1.29 is 9.84 Å². The molecule has 1 aliphatic rings. The van der Waals surface area contributed by atoms with Crippen LogP contribution in [0.4, 0.5) is 0 Å². The third-order valence-corrected chi connectivity index (χ3v) is 4.28. The molecule has 1 heterocycles. The van der Waals surface area contributed by atoms with Crippen LogP contribution in [0, 0.1) is 0 Å². The van der Waals surface area contributed by atoms with E-state index in [2.05, 4.69) is 48.8 Å². The molecule has 2 rings (SSSR count). The molecule has 1 fully saturated rings. The highest BCUT2D eigenvalue weighted by molar-refractivity contribution is 5.28. The van der Waals surface area contributed by atoms with Gasteiger partial charge >= 0.3 is 0 Å². The molecule has 1 aromatic carbocycles. The van der Waals surface area contributed by atoms with Crippen LogP contribution in [0.25, 0.3) is 0 Å². The van der Waals surface area contributed by atoms with Crippen LogP contribution in [0.5, 0.6) is 5.75 Å². The van der Waals surface area contributed by atoms with Gasteiger partial charge in [0.25, 0.3) is 0 Å². The summed E-state index contributed by atoms with van der Waals surface area (Å²) in [6.07, 6.45) is 1.23. The minimum absolute atomic E-state index is 0.211. The van der Waals surface area contributed by atoms with Crippen molar-refractivity contribution in [3.05, 3.63) is 29.8 Å². The predicted octanol–water partition coefficient (Wildman–Crippen LogP) is 2.36. The fourth-order valence-electron chi connectivity index (χ4n) is 3.04. The van der Waals surface area contributed by atoms with E-state index in [1.807, 2.05) is 6.07 Å². The van der Waals surface area contributed by atoms with Crippen LogP contribution in [0.3, 0.4) is 0 Å². The molecule has 1 unspecified atom stereocenters. The first-order valence-electron chi connectivity index (χ1n) is 8.45. The molecule has 0 radical (unpaired) electrons. The van der Waals surface area contributed by atoms with Crippen LogP contribution in [-0.2, 0) is 6.54 Å². The van der Waals surface area contributed by atoms with Gasteiger partial charge in [-0.15, -0.1) is 0 Å². The summed E-state index contributed by atoms with van der Waals surface area (Å²) in [5.74, 6) is 0.956. The van der Waals surface area contributed by atoms with E-state index in [9.17, 15) is 5.11 Å². The van der Waals surface area contributed by atoms with Crippen LogP contribution in [-0.4, -0.2) is 59.8 Å². The van der Waals surface area contributed by atoms with Crippen molar-refractivity contribution in [1.29, 1.82) is 0 Å². The molecule has 1 N–H and O–H groups in total. The second kappa shape index (κ2) is 8.51. The Labute approximate surface area is 134 Å². The largest absolute Gasteiger partial charge is 0.491 e. The molecule has 1 atom stereocenters. The van der Waals surface area contributed by atoms with E-state index in [4.69, 9.17) is 4.74 Å². The first-order chi connectivity index (χ1) is 10.6. The molecule has 124 valence electrons. The van der Waals surface area contributed by atoms with E-state index in [1.54, 1.807) is 0 Å². The average Bonchev–Trinajstić information content (AvgIpc) is 2.50. The fourth-order valence-corrected chi connectivity index (χ4v) is 3.04. The average molecular weight is 306 g/mol. The van der Waals surface area contributed by atoms with Gasteiger partial charge in [-0.3, -0.25) is 9.80 Å². The van der Waals surface area contributed by atoms with Crippen LogP contribution >= 0.6 is 0 Å². The molecule has 0 bridgehead atoms. The summed E-state index contributed by atoms with van der Waals surface area (Å²) >= 11 is 0. The highest BCUT2D eigenvalue weighted by Crippen LogP contribution is 2.17. The number of hydrogen-bond acceptors (Lipinski definition) is 4. The molecule has 22 heavy (non-hydrogen) atoms. The molecule has 0 aliphatic carbocycles. The smallest absolute Gasteiger partial charge is 0.120 e. The van der Waals surface area contributed by atoms with Gasteiger partial charge in [-0.2, -0.15) is 0 Å². The molecule has 1 saturated heterocycles. The van der Waals surface area contributed by atoms with Crippen molar-refractivity contribution in [2.75, 3.05) is 32.8 Å². The molecule has 1 aliphatic heterocycles. The monoisotopic (exact) mass is 306 g/mol. The Hall–Kier alpha value is -1.10. The van der Waals surface area contributed by atoms with Gasteiger partial charge in [0.1, 0.15) is 5.75 Å².